The summed E-state index contributed by atoms with van der Waals surface area (Å²) in [4.78, 5) is 33.0. The molecule has 0 aliphatic carbocycles. The van der Waals surface area contributed by atoms with Crippen LogP contribution >= 0.6 is 11.8 Å². The summed E-state index contributed by atoms with van der Waals surface area (Å²) in [5.74, 6) is -0.369. The Labute approximate surface area is 142 Å². The number of hydrogen-bond acceptors (Lipinski definition) is 9. The monoisotopic (exact) mass is 363 g/mol. The maximum Gasteiger partial charge on any atom is 0.362 e. The number of nitro benzene ring substituents is 1. The normalized spacial score (nSPS) is 10.6. The fourth-order valence-electron chi connectivity index (χ4n) is 1.73. The number of non-ortho nitro benzene ring substituents is 1. The number of rotatable bonds is 6. The third-order valence-corrected chi connectivity index (χ3v) is 3.67. The minimum absolute atomic E-state index is 0.0518. The molecule has 1 amide bonds. The van der Waals surface area contributed by atoms with Crippen LogP contribution < -0.4 is 11.1 Å². The number of thioether (sulfide) groups is 1. The molecule has 0 saturated heterocycles. The van der Waals surface area contributed by atoms with Gasteiger partial charge in [-0.3, -0.25) is 20.3 Å². The fraction of sp³-hybridized carbons (Fsp3) is 0.0833. The van der Waals surface area contributed by atoms with Gasteiger partial charge in [-0.2, -0.15) is 9.77 Å². The first-order valence-electron chi connectivity index (χ1n) is 6.66. The van der Waals surface area contributed by atoms with Gasteiger partial charge in [-0.1, -0.05) is 11.8 Å². The third-order valence-electron chi connectivity index (χ3n) is 2.86. The molecule has 2 aromatic heterocycles. The number of hydrogen-bond donors (Lipinski definition) is 2. The topological polar surface area (TPSA) is 162 Å². The van der Waals surface area contributed by atoms with Crippen LogP contribution in [0.3, 0.4) is 0 Å². The van der Waals surface area contributed by atoms with Crippen LogP contribution in [0.5, 0.6) is 0 Å². The Hall–Kier alpha value is -3.48. The number of nitrogens with zero attached hydrogens (tertiary/aromatic N) is 5. The van der Waals surface area contributed by atoms with Gasteiger partial charge in [0, 0.05) is 17.7 Å². The molecule has 0 aliphatic heterocycles. The number of benzene rings is 1. The first kappa shape index (κ1) is 16.4. The van der Waals surface area contributed by atoms with E-state index >= 15 is 0 Å². The highest BCUT2D eigenvalue weighted by Crippen LogP contribution is 2.24. The van der Waals surface area contributed by atoms with E-state index in [1.165, 1.54) is 24.3 Å². The van der Waals surface area contributed by atoms with Gasteiger partial charge in [-0.05, 0) is 12.1 Å². The van der Waals surface area contributed by atoms with Crippen molar-refractivity contribution in [2.75, 3.05) is 11.2 Å². The van der Waals surface area contributed by atoms with Crippen molar-refractivity contribution in [1.82, 2.24) is 25.1 Å². The molecule has 0 radical (unpaired) electrons. The van der Waals surface area contributed by atoms with Gasteiger partial charge >= 0.3 is 5.69 Å². The molecule has 0 fully saturated rings. The molecule has 0 atom stereocenters. The largest absolute Gasteiger partial charge is 0.411 e. The highest BCUT2D eigenvalue weighted by atomic mass is 32.2. The van der Waals surface area contributed by atoms with Crippen LogP contribution in [0.1, 0.15) is 0 Å². The Kier molecular flexibility index (Phi) is 4.56. The Morgan fingerprint density at radius 3 is 2.76 bits per heavy atom. The molecular weight excluding hydrogens is 354 g/mol. The van der Waals surface area contributed by atoms with E-state index in [-0.39, 0.29) is 22.6 Å². The van der Waals surface area contributed by atoms with Crippen molar-refractivity contribution in [2.24, 2.45) is 0 Å². The van der Waals surface area contributed by atoms with E-state index in [9.17, 15) is 19.7 Å². The second-order valence-electron chi connectivity index (χ2n) is 4.53. The lowest BCUT2D eigenvalue weighted by Crippen LogP contribution is -2.31. The van der Waals surface area contributed by atoms with Crippen LogP contribution in [0.4, 0.5) is 5.69 Å². The summed E-state index contributed by atoms with van der Waals surface area (Å²) in [5.41, 5.74) is 2.20. The lowest BCUT2D eigenvalue weighted by molar-refractivity contribution is -0.384. The number of nitrogens with one attached hydrogen (secondary N) is 2. The quantitative estimate of drug-likeness (QED) is 0.358. The maximum absolute atomic E-state index is 11.7. The second-order valence-corrected chi connectivity index (χ2v) is 5.46. The summed E-state index contributed by atoms with van der Waals surface area (Å²) in [7, 11) is 0. The fourth-order valence-corrected chi connectivity index (χ4v) is 2.29. The Balaban J connectivity index is 1.60. The van der Waals surface area contributed by atoms with E-state index in [2.05, 4.69) is 25.8 Å². The van der Waals surface area contributed by atoms with Crippen molar-refractivity contribution in [3.63, 3.8) is 0 Å². The molecule has 3 rings (SSSR count). The Morgan fingerprint density at radius 1 is 1.36 bits per heavy atom. The highest BCUT2D eigenvalue weighted by Gasteiger charge is 2.13. The summed E-state index contributed by atoms with van der Waals surface area (Å²) >= 11 is 0.973. The summed E-state index contributed by atoms with van der Waals surface area (Å²) in [6.07, 6.45) is 1.13. The molecule has 25 heavy (non-hydrogen) atoms. The Bertz CT molecular complexity index is 961. The third kappa shape index (κ3) is 3.89. The lowest BCUT2D eigenvalue weighted by Gasteiger charge is -2.01. The summed E-state index contributed by atoms with van der Waals surface area (Å²) < 4.78 is 6.29. The van der Waals surface area contributed by atoms with Crippen LogP contribution in [0.15, 0.2) is 45.0 Å². The second kappa shape index (κ2) is 6.96. The van der Waals surface area contributed by atoms with Crippen LogP contribution in [0, 0.1) is 10.1 Å². The van der Waals surface area contributed by atoms with E-state index in [1.807, 2.05) is 0 Å². The molecule has 0 spiro atoms. The number of amides is 1. The van der Waals surface area contributed by atoms with E-state index < -0.39 is 16.5 Å². The van der Waals surface area contributed by atoms with Crippen LogP contribution in [0.2, 0.25) is 0 Å². The number of carbonyl (C=O) groups excluding carboxylic acids is 1. The van der Waals surface area contributed by atoms with Crippen molar-refractivity contribution in [3.05, 3.63) is 51.2 Å². The van der Waals surface area contributed by atoms with Crippen molar-refractivity contribution in [3.8, 4) is 11.5 Å². The van der Waals surface area contributed by atoms with E-state index in [1.54, 1.807) is 0 Å². The molecule has 0 saturated carbocycles. The van der Waals surface area contributed by atoms with Gasteiger partial charge in [0.1, 0.15) is 6.33 Å². The van der Waals surface area contributed by atoms with Gasteiger partial charge in [0.05, 0.1) is 10.7 Å². The van der Waals surface area contributed by atoms with Gasteiger partial charge in [-0.15, -0.1) is 10.2 Å². The summed E-state index contributed by atoms with van der Waals surface area (Å²) in [6, 6.07) is 5.61. The van der Waals surface area contributed by atoms with Gasteiger partial charge in [0.25, 0.3) is 10.9 Å². The average Bonchev–Trinajstić information content (AvgIpc) is 3.23. The summed E-state index contributed by atoms with van der Waals surface area (Å²) in [5, 5.41) is 24.0. The first-order chi connectivity index (χ1) is 12.0. The molecule has 3 aromatic rings. The van der Waals surface area contributed by atoms with Crippen LogP contribution in [0.25, 0.3) is 11.5 Å². The van der Waals surface area contributed by atoms with Crippen molar-refractivity contribution < 1.29 is 14.1 Å². The van der Waals surface area contributed by atoms with E-state index in [0.717, 1.165) is 22.8 Å². The van der Waals surface area contributed by atoms with Crippen molar-refractivity contribution in [2.45, 2.75) is 5.22 Å². The first-order valence-corrected chi connectivity index (χ1v) is 7.64. The molecular formula is C12H9N7O5S. The highest BCUT2D eigenvalue weighted by molar-refractivity contribution is 7.99. The lowest BCUT2D eigenvalue weighted by atomic mass is 10.2. The molecule has 0 unspecified atom stereocenters. The molecule has 2 heterocycles. The Morgan fingerprint density at radius 2 is 2.12 bits per heavy atom. The molecule has 128 valence electrons. The maximum atomic E-state index is 11.7. The van der Waals surface area contributed by atoms with Gasteiger partial charge in [0.2, 0.25) is 11.8 Å². The van der Waals surface area contributed by atoms with Crippen molar-refractivity contribution in [1.29, 1.82) is 0 Å². The molecule has 1 aromatic carbocycles. The molecule has 2 N–H and O–H groups in total. The smallest absolute Gasteiger partial charge is 0.362 e. The van der Waals surface area contributed by atoms with Gasteiger partial charge in [0.15, 0.2) is 0 Å². The van der Waals surface area contributed by atoms with Crippen molar-refractivity contribution >= 4 is 23.4 Å². The zero-order valence-corrected chi connectivity index (χ0v) is 13.1. The molecule has 0 aliphatic rings. The van der Waals surface area contributed by atoms with Crippen LogP contribution in [-0.2, 0) is 4.79 Å². The zero-order chi connectivity index (χ0) is 17.8. The average molecular weight is 363 g/mol. The number of aromatic amines is 1. The van der Waals surface area contributed by atoms with E-state index in [0.29, 0.717) is 5.56 Å². The predicted octanol–water partition coefficient (Wildman–Crippen LogP) is 0.392. The minimum atomic E-state index is -0.573. The molecule has 13 heteroatoms. The number of nitro groups is 1. The number of carbonyl (C=O) groups is 1. The standard InChI is InChI=1S/C12H9N7O5S/c20-9(17-18-6-13-15-11(18)21)5-25-12-16-14-10(24-12)7-1-3-8(4-2-7)19(22)23/h1-4,6H,5H2,(H,15,21)(H,17,20). The van der Waals surface area contributed by atoms with Crippen LogP contribution in [-0.4, -0.2) is 41.7 Å². The minimum Gasteiger partial charge on any atom is -0.411 e. The molecule has 12 nitrogen and oxygen atoms in total. The molecule has 0 bridgehead atoms. The number of aromatic nitrogens is 5. The zero-order valence-electron chi connectivity index (χ0n) is 12.3. The van der Waals surface area contributed by atoms with E-state index in [4.69, 9.17) is 4.42 Å². The van der Waals surface area contributed by atoms with Gasteiger partial charge in [-0.25, -0.2) is 9.89 Å². The SMILES string of the molecule is O=C(CSc1nnc(-c2ccc([N+](=O)[O-])cc2)o1)Nn1cn[nH]c1=O. The summed E-state index contributed by atoms with van der Waals surface area (Å²) in [6.45, 7) is 0. The number of H-pyrrole nitrogens is 1. The predicted molar refractivity (Wildman–Crippen MR) is 84.3 cm³/mol. The van der Waals surface area contributed by atoms with Gasteiger partial charge < -0.3 is 4.42 Å².